The van der Waals surface area contributed by atoms with Gasteiger partial charge in [0, 0.05) is 52.2 Å². The maximum absolute atomic E-state index is 13.3. The number of hydrogen-bond donors (Lipinski definition) is 2. The minimum absolute atomic E-state index is 0.0196. The Morgan fingerprint density at radius 3 is 2.57 bits per heavy atom. The van der Waals surface area contributed by atoms with Crippen molar-refractivity contribution in [2.45, 2.75) is 13.1 Å². The highest BCUT2D eigenvalue weighted by molar-refractivity contribution is 6.31. The number of aryl methyl sites for hydroxylation is 1. The highest BCUT2D eigenvalue weighted by atomic mass is 35.5. The lowest BCUT2D eigenvalue weighted by atomic mass is 10.1. The van der Waals surface area contributed by atoms with Gasteiger partial charge in [0.1, 0.15) is 5.75 Å². The average Bonchev–Trinajstić information content (AvgIpc) is 3.20. The van der Waals surface area contributed by atoms with E-state index in [4.69, 9.17) is 16.3 Å². The molecular formula is C22H16ClF3N6O3. The van der Waals surface area contributed by atoms with Gasteiger partial charge in [0.15, 0.2) is 11.5 Å². The molecule has 0 spiro atoms. The van der Waals surface area contributed by atoms with Crippen LogP contribution < -0.4 is 10.1 Å². The number of carbonyl (C=O) groups is 1. The van der Waals surface area contributed by atoms with E-state index in [1.807, 2.05) is 0 Å². The number of pyridine rings is 1. The lowest BCUT2D eigenvalue weighted by Gasteiger charge is -2.13. The fraction of sp³-hybridized carbons (Fsp3) is 0.136. The van der Waals surface area contributed by atoms with Gasteiger partial charge in [0.25, 0.3) is 0 Å². The van der Waals surface area contributed by atoms with Gasteiger partial charge in [-0.1, -0.05) is 11.6 Å². The number of nitrogens with zero attached hydrogens (tertiary/aromatic N) is 5. The molecule has 0 saturated heterocycles. The Hall–Kier alpha value is -4.19. The minimum atomic E-state index is -4.67. The van der Waals surface area contributed by atoms with Crippen LogP contribution in [0.2, 0.25) is 5.02 Å². The molecule has 3 heterocycles. The predicted molar refractivity (Wildman–Crippen MR) is 120 cm³/mol. The minimum Gasteiger partial charge on any atom is -0.497 e. The second-order valence-electron chi connectivity index (χ2n) is 7.28. The standard InChI is InChI=1S/C22H16ClF3N6O3/c1-11-3-18(22(24,25)26)31-32(11)19-17(12-4-13(20(33)34)9-27-8-12)10-28-21(30-19)29-15-5-14(23)6-16(7-15)35-2/h3-10H,1-2H3,(H,33,34)(H,28,29,30). The third kappa shape index (κ3) is 5.17. The molecule has 3 aromatic heterocycles. The first kappa shape index (κ1) is 24.0. The van der Waals surface area contributed by atoms with Gasteiger partial charge < -0.3 is 15.2 Å². The Morgan fingerprint density at radius 1 is 1.14 bits per heavy atom. The van der Waals surface area contributed by atoms with E-state index in [1.165, 1.54) is 32.5 Å². The lowest BCUT2D eigenvalue weighted by Crippen LogP contribution is -2.11. The summed E-state index contributed by atoms with van der Waals surface area (Å²) in [6.07, 6.45) is -0.835. The van der Waals surface area contributed by atoms with Crippen LogP contribution in [0.4, 0.5) is 24.8 Å². The fourth-order valence-electron chi connectivity index (χ4n) is 3.21. The van der Waals surface area contributed by atoms with Gasteiger partial charge in [-0.2, -0.15) is 23.3 Å². The topological polar surface area (TPSA) is 115 Å². The van der Waals surface area contributed by atoms with Crippen molar-refractivity contribution >= 4 is 29.2 Å². The number of hydrogen-bond acceptors (Lipinski definition) is 7. The number of aromatic carboxylic acids is 1. The van der Waals surface area contributed by atoms with Crippen LogP contribution in [0.3, 0.4) is 0 Å². The van der Waals surface area contributed by atoms with Crippen LogP contribution in [0.15, 0.2) is 48.9 Å². The molecule has 35 heavy (non-hydrogen) atoms. The monoisotopic (exact) mass is 504 g/mol. The van der Waals surface area contributed by atoms with Crippen LogP contribution in [0.1, 0.15) is 21.7 Å². The molecule has 0 unspecified atom stereocenters. The number of nitrogens with one attached hydrogen (secondary N) is 1. The molecule has 13 heteroatoms. The Balaban J connectivity index is 1.87. The summed E-state index contributed by atoms with van der Waals surface area (Å²) < 4.78 is 46.1. The van der Waals surface area contributed by atoms with Crippen molar-refractivity contribution in [2.75, 3.05) is 12.4 Å². The van der Waals surface area contributed by atoms with Crippen molar-refractivity contribution in [2.24, 2.45) is 0 Å². The molecule has 180 valence electrons. The van der Waals surface area contributed by atoms with E-state index in [-0.39, 0.29) is 34.2 Å². The molecular weight excluding hydrogens is 489 g/mol. The maximum Gasteiger partial charge on any atom is 0.435 e. The number of methoxy groups -OCH3 is 1. The third-order valence-electron chi connectivity index (χ3n) is 4.81. The quantitative estimate of drug-likeness (QED) is 0.370. The molecule has 4 rings (SSSR count). The molecule has 0 aliphatic rings. The van der Waals surface area contributed by atoms with Gasteiger partial charge in [-0.25, -0.2) is 14.5 Å². The Kier molecular flexibility index (Phi) is 6.31. The van der Waals surface area contributed by atoms with Gasteiger partial charge in [-0.15, -0.1) is 0 Å². The van der Waals surface area contributed by atoms with Gasteiger partial charge >= 0.3 is 12.1 Å². The van der Waals surface area contributed by atoms with Crippen molar-refractivity contribution < 1.29 is 27.8 Å². The number of ether oxygens (including phenoxy) is 1. The van der Waals surface area contributed by atoms with Crippen molar-refractivity contribution in [3.05, 3.63) is 70.9 Å². The highest BCUT2D eigenvalue weighted by Crippen LogP contribution is 2.32. The zero-order valence-electron chi connectivity index (χ0n) is 18.1. The summed E-state index contributed by atoms with van der Waals surface area (Å²) in [7, 11) is 1.47. The van der Waals surface area contributed by atoms with Gasteiger partial charge in [0.05, 0.1) is 12.7 Å². The van der Waals surface area contributed by atoms with Crippen molar-refractivity contribution in [1.82, 2.24) is 24.7 Å². The predicted octanol–water partition coefficient (Wildman–Crippen LogP) is 5.16. The first-order chi connectivity index (χ1) is 16.5. The first-order valence-electron chi connectivity index (χ1n) is 9.87. The SMILES string of the molecule is COc1cc(Cl)cc(Nc2ncc(-c3cncc(C(=O)O)c3)c(-n3nc(C(F)(F)F)cc3C)n2)c1. The first-order valence-corrected chi connectivity index (χ1v) is 10.2. The Bertz CT molecular complexity index is 1420. The molecule has 0 radical (unpaired) electrons. The molecule has 4 aromatic rings. The molecule has 0 atom stereocenters. The van der Waals surface area contributed by atoms with E-state index in [2.05, 4.69) is 25.4 Å². The molecule has 2 N–H and O–H groups in total. The largest absolute Gasteiger partial charge is 0.497 e. The molecule has 1 aromatic carbocycles. The van der Waals surface area contributed by atoms with E-state index < -0.39 is 17.8 Å². The second kappa shape index (κ2) is 9.22. The van der Waals surface area contributed by atoms with Crippen LogP contribution in [0.25, 0.3) is 16.9 Å². The van der Waals surface area contributed by atoms with Crippen LogP contribution in [-0.4, -0.2) is 42.9 Å². The van der Waals surface area contributed by atoms with Gasteiger partial charge in [-0.3, -0.25) is 4.98 Å². The third-order valence-corrected chi connectivity index (χ3v) is 5.02. The summed E-state index contributed by atoms with van der Waals surface area (Å²) >= 11 is 6.10. The van der Waals surface area contributed by atoms with E-state index in [9.17, 15) is 23.1 Å². The number of benzene rings is 1. The van der Waals surface area contributed by atoms with Crippen molar-refractivity contribution in [1.29, 1.82) is 0 Å². The smallest absolute Gasteiger partial charge is 0.435 e. The van der Waals surface area contributed by atoms with Gasteiger partial charge in [-0.05, 0) is 31.2 Å². The second-order valence-corrected chi connectivity index (χ2v) is 7.72. The Labute approximate surface area is 201 Å². The Morgan fingerprint density at radius 2 is 1.91 bits per heavy atom. The van der Waals surface area contributed by atoms with Crippen molar-refractivity contribution in [3.63, 3.8) is 0 Å². The number of aromatic nitrogens is 5. The summed E-state index contributed by atoms with van der Waals surface area (Å²) in [5, 5.41) is 16.3. The summed E-state index contributed by atoms with van der Waals surface area (Å²) in [5.74, 6) is -0.747. The molecule has 0 bridgehead atoms. The molecule has 0 fully saturated rings. The van der Waals surface area contributed by atoms with Gasteiger partial charge in [0.2, 0.25) is 5.95 Å². The molecule has 0 saturated carbocycles. The van der Waals surface area contributed by atoms with E-state index in [0.29, 0.717) is 16.5 Å². The summed E-state index contributed by atoms with van der Waals surface area (Å²) in [6, 6.07) is 7.01. The van der Waals surface area contributed by atoms with E-state index >= 15 is 0 Å². The molecule has 0 amide bonds. The fourth-order valence-corrected chi connectivity index (χ4v) is 3.44. The summed E-state index contributed by atoms with van der Waals surface area (Å²) in [5.41, 5.74) is -0.110. The number of alkyl halides is 3. The lowest BCUT2D eigenvalue weighted by molar-refractivity contribution is -0.141. The van der Waals surface area contributed by atoms with Crippen LogP contribution >= 0.6 is 11.6 Å². The number of rotatable bonds is 6. The van der Waals surface area contributed by atoms with E-state index in [0.717, 1.165) is 16.9 Å². The highest BCUT2D eigenvalue weighted by Gasteiger charge is 2.35. The molecule has 0 aliphatic heterocycles. The maximum atomic E-state index is 13.3. The summed E-state index contributed by atoms with van der Waals surface area (Å²) in [6.45, 7) is 1.44. The van der Waals surface area contributed by atoms with Crippen LogP contribution in [0.5, 0.6) is 5.75 Å². The normalized spacial score (nSPS) is 11.4. The molecule has 0 aliphatic carbocycles. The zero-order chi connectivity index (χ0) is 25.3. The summed E-state index contributed by atoms with van der Waals surface area (Å²) in [4.78, 5) is 23.9. The molecule has 9 nitrogen and oxygen atoms in total. The van der Waals surface area contributed by atoms with Crippen molar-refractivity contribution in [3.8, 4) is 22.7 Å². The average molecular weight is 505 g/mol. The number of carboxylic acid groups (broad SMARTS) is 1. The number of halogens is 4. The van der Waals surface area contributed by atoms with Crippen LogP contribution in [0, 0.1) is 6.92 Å². The van der Waals surface area contributed by atoms with E-state index in [1.54, 1.807) is 18.2 Å². The number of carboxylic acids is 1. The zero-order valence-corrected chi connectivity index (χ0v) is 18.9. The van der Waals surface area contributed by atoms with Crippen LogP contribution in [-0.2, 0) is 6.18 Å². The number of anilines is 2.